The van der Waals surface area contributed by atoms with Gasteiger partial charge in [0.05, 0.1) is 16.8 Å². The van der Waals surface area contributed by atoms with Crippen LogP contribution in [-0.4, -0.2) is 37.6 Å². The second-order valence-electron chi connectivity index (χ2n) is 7.66. The van der Waals surface area contributed by atoms with E-state index in [-0.39, 0.29) is 33.8 Å². The average molecular weight is 424 g/mol. The van der Waals surface area contributed by atoms with Gasteiger partial charge in [0.2, 0.25) is 0 Å². The van der Waals surface area contributed by atoms with Crippen molar-refractivity contribution in [2.75, 3.05) is 22.7 Å². The molecule has 0 radical (unpaired) electrons. The van der Waals surface area contributed by atoms with Crippen LogP contribution in [0.3, 0.4) is 0 Å². The van der Waals surface area contributed by atoms with Gasteiger partial charge >= 0.3 is 5.97 Å². The lowest BCUT2D eigenvalue weighted by molar-refractivity contribution is 0.0697. The number of hydrogen-bond donors (Lipinski definition) is 2. The lowest BCUT2D eigenvalue weighted by atomic mass is 10.1. The summed E-state index contributed by atoms with van der Waals surface area (Å²) >= 11 is 0. The molecule has 1 heterocycles. The van der Waals surface area contributed by atoms with Crippen LogP contribution in [0.1, 0.15) is 38.1 Å². The first-order valence-electron chi connectivity index (χ1n) is 9.26. The first kappa shape index (κ1) is 22.6. The molecule has 158 valence electrons. The van der Waals surface area contributed by atoms with E-state index < -0.39 is 21.8 Å². The van der Waals surface area contributed by atoms with E-state index in [1.165, 1.54) is 24.4 Å². The molecule has 9 heteroatoms. The van der Waals surface area contributed by atoms with Gasteiger partial charge in [0.15, 0.2) is 0 Å². The zero-order valence-corrected chi connectivity index (χ0v) is 17.7. The Hall–Kier alpha value is -2.68. The van der Waals surface area contributed by atoms with Crippen molar-refractivity contribution in [1.29, 1.82) is 0 Å². The van der Waals surface area contributed by atoms with Crippen LogP contribution in [0.4, 0.5) is 15.9 Å². The van der Waals surface area contributed by atoms with E-state index in [1.807, 2.05) is 32.6 Å². The fourth-order valence-electron chi connectivity index (χ4n) is 2.90. The summed E-state index contributed by atoms with van der Waals surface area (Å²) in [6.45, 7) is 9.31. The fourth-order valence-corrected chi connectivity index (χ4v) is 3.97. The van der Waals surface area contributed by atoms with Gasteiger partial charge in [0.25, 0.3) is 10.0 Å². The highest BCUT2D eigenvalue weighted by atomic mass is 32.2. The Labute approximate surface area is 170 Å². The number of carboxylic acid groups (broad SMARTS) is 1. The molecule has 1 aromatic heterocycles. The van der Waals surface area contributed by atoms with E-state index in [0.717, 1.165) is 12.1 Å². The largest absolute Gasteiger partial charge is 0.478 e. The number of pyridine rings is 1. The predicted octanol–water partition coefficient (Wildman–Crippen LogP) is 3.84. The number of aromatic nitrogens is 1. The molecule has 2 N–H and O–H groups in total. The van der Waals surface area contributed by atoms with Gasteiger partial charge in [0, 0.05) is 13.1 Å². The van der Waals surface area contributed by atoms with Crippen LogP contribution >= 0.6 is 0 Å². The van der Waals surface area contributed by atoms with E-state index >= 15 is 0 Å². The van der Waals surface area contributed by atoms with Crippen molar-refractivity contribution < 1.29 is 22.7 Å². The van der Waals surface area contributed by atoms with Crippen LogP contribution in [0.5, 0.6) is 0 Å². The highest BCUT2D eigenvalue weighted by Gasteiger charge is 2.22. The number of hydrogen-bond acceptors (Lipinski definition) is 5. The Balaban J connectivity index is 2.41. The monoisotopic (exact) mass is 423 g/mol. The topological polar surface area (TPSA) is 99.6 Å². The third-order valence-electron chi connectivity index (χ3n) is 3.93. The number of carboxylic acids is 1. The standard InChI is InChI=1S/C20H26FN3O4S/c1-13(2)11-24(12-14(3)4)19-18(20(25)26)9-16(10-22-19)23-29(27,28)17-7-5-6-15(21)8-17/h5-10,13-14,23H,11-12H2,1-4H3,(H,25,26). The Kier molecular flexibility index (Phi) is 7.18. The molecule has 29 heavy (non-hydrogen) atoms. The number of anilines is 2. The van der Waals surface area contributed by atoms with E-state index in [0.29, 0.717) is 13.1 Å². The maximum atomic E-state index is 13.4. The molecule has 7 nitrogen and oxygen atoms in total. The van der Waals surface area contributed by atoms with Crippen molar-refractivity contribution in [3.63, 3.8) is 0 Å². The maximum absolute atomic E-state index is 13.4. The molecule has 2 aromatic rings. The summed E-state index contributed by atoms with van der Waals surface area (Å²) in [5.74, 6) is -1.05. The smallest absolute Gasteiger partial charge is 0.339 e. The molecule has 0 aliphatic carbocycles. The number of carbonyl (C=O) groups is 1. The third kappa shape index (κ3) is 6.15. The van der Waals surface area contributed by atoms with Crippen molar-refractivity contribution in [2.45, 2.75) is 32.6 Å². The number of nitrogens with one attached hydrogen (secondary N) is 1. The zero-order chi connectivity index (χ0) is 21.8. The summed E-state index contributed by atoms with van der Waals surface area (Å²) in [4.78, 5) is 17.7. The van der Waals surface area contributed by atoms with Gasteiger partial charge in [-0.05, 0) is 36.1 Å². The van der Waals surface area contributed by atoms with E-state index in [1.54, 1.807) is 0 Å². The summed E-state index contributed by atoms with van der Waals surface area (Å²) in [7, 11) is -4.09. The van der Waals surface area contributed by atoms with E-state index in [2.05, 4.69) is 9.71 Å². The van der Waals surface area contributed by atoms with Crippen LogP contribution in [0.25, 0.3) is 0 Å². The summed E-state index contributed by atoms with van der Waals surface area (Å²) in [6.07, 6.45) is 1.27. The zero-order valence-electron chi connectivity index (χ0n) is 16.9. The van der Waals surface area contributed by atoms with Gasteiger partial charge in [-0.1, -0.05) is 33.8 Å². The Bertz CT molecular complexity index is 967. The molecule has 0 atom stereocenters. The van der Waals surface area contributed by atoms with Crippen LogP contribution in [0.15, 0.2) is 41.4 Å². The molecular weight excluding hydrogens is 397 g/mol. The lowest BCUT2D eigenvalue weighted by Gasteiger charge is -2.28. The SMILES string of the molecule is CC(C)CN(CC(C)C)c1ncc(NS(=O)(=O)c2cccc(F)c2)cc1C(=O)O. The number of rotatable bonds is 9. The Morgan fingerprint density at radius 1 is 1.17 bits per heavy atom. The van der Waals surface area contributed by atoms with Crippen molar-refractivity contribution in [3.8, 4) is 0 Å². The van der Waals surface area contributed by atoms with Gasteiger partial charge < -0.3 is 10.0 Å². The summed E-state index contributed by atoms with van der Waals surface area (Å²) in [5, 5.41) is 9.67. The molecule has 0 spiro atoms. The second-order valence-corrected chi connectivity index (χ2v) is 9.34. The molecule has 2 rings (SSSR count). The fraction of sp³-hybridized carbons (Fsp3) is 0.400. The molecular formula is C20H26FN3O4S. The van der Waals surface area contributed by atoms with Gasteiger partial charge in [-0.15, -0.1) is 0 Å². The quantitative estimate of drug-likeness (QED) is 0.636. The average Bonchev–Trinajstić information content (AvgIpc) is 2.60. The van der Waals surface area contributed by atoms with Gasteiger partial charge in [-0.25, -0.2) is 22.6 Å². The Morgan fingerprint density at radius 3 is 2.31 bits per heavy atom. The van der Waals surface area contributed by atoms with Crippen LogP contribution in [0, 0.1) is 17.7 Å². The third-order valence-corrected chi connectivity index (χ3v) is 5.31. The number of aromatic carboxylic acids is 1. The van der Waals surface area contributed by atoms with Gasteiger partial charge in [-0.3, -0.25) is 4.72 Å². The van der Waals surface area contributed by atoms with Gasteiger partial charge in [-0.2, -0.15) is 0 Å². The summed E-state index contributed by atoms with van der Waals surface area (Å²) < 4.78 is 40.6. The molecule has 1 aromatic carbocycles. The van der Waals surface area contributed by atoms with Crippen molar-refractivity contribution in [2.24, 2.45) is 11.8 Å². The molecule has 0 fully saturated rings. The molecule has 0 saturated carbocycles. The predicted molar refractivity (Wildman–Crippen MR) is 110 cm³/mol. The lowest BCUT2D eigenvalue weighted by Crippen LogP contribution is -2.33. The summed E-state index contributed by atoms with van der Waals surface area (Å²) in [5.41, 5.74) is -0.116. The van der Waals surface area contributed by atoms with Crippen molar-refractivity contribution in [1.82, 2.24) is 4.98 Å². The van der Waals surface area contributed by atoms with Crippen LogP contribution in [-0.2, 0) is 10.0 Å². The highest BCUT2D eigenvalue weighted by molar-refractivity contribution is 7.92. The van der Waals surface area contributed by atoms with Crippen LogP contribution < -0.4 is 9.62 Å². The van der Waals surface area contributed by atoms with Crippen molar-refractivity contribution in [3.05, 3.63) is 47.9 Å². The molecule has 0 bridgehead atoms. The molecule has 0 aliphatic heterocycles. The van der Waals surface area contributed by atoms with Gasteiger partial charge in [0.1, 0.15) is 17.2 Å². The first-order valence-corrected chi connectivity index (χ1v) is 10.7. The molecule has 0 unspecified atom stereocenters. The molecule has 0 aliphatic rings. The first-order chi connectivity index (χ1) is 13.5. The van der Waals surface area contributed by atoms with E-state index in [9.17, 15) is 22.7 Å². The number of nitrogens with zero attached hydrogens (tertiary/aromatic N) is 2. The minimum atomic E-state index is -4.09. The minimum Gasteiger partial charge on any atom is -0.478 e. The number of benzene rings is 1. The second kappa shape index (κ2) is 9.21. The normalized spacial score (nSPS) is 11.7. The van der Waals surface area contributed by atoms with E-state index in [4.69, 9.17) is 0 Å². The highest BCUT2D eigenvalue weighted by Crippen LogP contribution is 2.25. The molecule has 0 saturated heterocycles. The van der Waals surface area contributed by atoms with Crippen molar-refractivity contribution >= 4 is 27.5 Å². The minimum absolute atomic E-state index is 0.00976. The number of sulfonamides is 1. The summed E-state index contributed by atoms with van der Waals surface area (Å²) in [6, 6.07) is 5.78. The molecule has 0 amide bonds. The van der Waals surface area contributed by atoms with Crippen LogP contribution in [0.2, 0.25) is 0 Å². The Morgan fingerprint density at radius 2 is 1.79 bits per heavy atom. The maximum Gasteiger partial charge on any atom is 0.339 e. The number of halogens is 1.